The number of nitrogens with one attached hydrogen (secondary N) is 8. The zero-order valence-corrected chi connectivity index (χ0v) is 58.1. The van der Waals surface area contributed by atoms with E-state index in [2.05, 4.69) is 172 Å². The number of rotatable bonds is 31. The highest BCUT2D eigenvalue weighted by molar-refractivity contribution is 5.46. The molecule has 0 atom stereocenters. The molecule has 36 heteroatoms. The molecule has 0 aliphatic rings. The standard InChI is InChI=1S/C11H22N6.2C10H20N6.C9H18N6.C8H16N6.C7H14N6/c1-5-6-7-8-17(4)11-15-9(12-2)14-10(13-3)16-11;1-5-6-7-16(4)10-14-8(11-2)13-9(12-3)15-10;1-4-5-6-7-12-9-13-8(11)14-10(15-9)16(2)3;1-4-5-6-11-8-12-7(10)13-9(14-8)15(2)3;1-4-5-10-7-11-6(9)12-8(13-7)14(2)3;1-4-9-6-10-5(8)11-7(12-6)13(2)3/h5-8H2,1-4H3,(H2,12,13,14,15,16);5-7H2,1-4H3,(H2,11,12,13,14,15);4-7H2,1-3H3,(H3,11,12,13,14,15);4-6H2,1-3H3,(H3,10,11,12,13,14);4-5H2,1-3H3,(H3,9,10,11,12,13);4H2,1-3H3,(H3,8,9,10,11,12). The van der Waals surface area contributed by atoms with Crippen LogP contribution in [0.1, 0.15) is 112 Å². The Morgan fingerprint density at radius 3 is 0.824 bits per heavy atom. The number of nitrogens with zero attached hydrogens (tertiary/aromatic N) is 24. The maximum absolute atomic E-state index is 5.60. The van der Waals surface area contributed by atoms with Gasteiger partial charge in [-0.2, -0.15) is 89.7 Å². The van der Waals surface area contributed by atoms with Gasteiger partial charge >= 0.3 is 0 Å². The molecule has 36 nitrogen and oxygen atoms in total. The third-order valence-electron chi connectivity index (χ3n) is 11.7. The van der Waals surface area contributed by atoms with Crippen LogP contribution in [-0.2, 0) is 0 Å². The number of anilines is 18. The second kappa shape index (κ2) is 45.7. The number of hydrogen-bond acceptors (Lipinski definition) is 36. The molecule has 0 radical (unpaired) electrons. The van der Waals surface area contributed by atoms with Crippen molar-refractivity contribution in [2.45, 2.75) is 112 Å². The largest absolute Gasteiger partial charge is 0.368 e. The van der Waals surface area contributed by atoms with Crippen molar-refractivity contribution in [3.63, 3.8) is 0 Å². The van der Waals surface area contributed by atoms with Crippen molar-refractivity contribution in [2.75, 3.05) is 233 Å². The zero-order chi connectivity index (χ0) is 68.3. The van der Waals surface area contributed by atoms with Crippen LogP contribution in [0.4, 0.5) is 107 Å². The van der Waals surface area contributed by atoms with E-state index in [1.54, 1.807) is 47.8 Å². The van der Waals surface area contributed by atoms with Gasteiger partial charge < -0.3 is 94.9 Å². The first-order valence-electron chi connectivity index (χ1n) is 30.8. The van der Waals surface area contributed by atoms with Crippen LogP contribution in [-0.4, -0.2) is 228 Å². The fourth-order valence-electron chi connectivity index (χ4n) is 6.70. The van der Waals surface area contributed by atoms with Gasteiger partial charge in [0.15, 0.2) is 0 Å². The summed E-state index contributed by atoms with van der Waals surface area (Å²) in [6.07, 6.45) is 12.6. The lowest BCUT2D eigenvalue weighted by Crippen LogP contribution is -2.22. The predicted molar refractivity (Wildman–Crippen MR) is 377 cm³/mol. The highest BCUT2D eigenvalue weighted by atomic mass is 15.4. The summed E-state index contributed by atoms with van der Waals surface area (Å²) < 4.78 is 0. The summed E-state index contributed by atoms with van der Waals surface area (Å²) in [7, 11) is 26.1. The topological polar surface area (TPSA) is 452 Å². The molecule has 91 heavy (non-hydrogen) atoms. The summed E-state index contributed by atoms with van der Waals surface area (Å²) in [6, 6.07) is 0. The predicted octanol–water partition coefficient (Wildman–Crippen LogP) is 4.92. The van der Waals surface area contributed by atoms with Crippen LogP contribution in [0, 0.1) is 0 Å². The normalized spacial score (nSPS) is 10.0. The molecule has 0 fully saturated rings. The third-order valence-corrected chi connectivity index (χ3v) is 11.7. The van der Waals surface area contributed by atoms with Crippen molar-refractivity contribution < 1.29 is 0 Å². The molecule has 0 aromatic carbocycles. The van der Waals surface area contributed by atoms with E-state index in [-0.39, 0.29) is 23.8 Å². The Bertz CT molecular complexity index is 2830. The van der Waals surface area contributed by atoms with E-state index in [4.69, 9.17) is 22.9 Å². The molecule has 0 aliphatic heterocycles. The SMILES string of the molecule is CCCCCN(C)c1nc(NC)nc(NC)n1.CCCCCNc1nc(N)nc(N(C)C)n1.CCCCN(C)c1nc(NC)nc(NC)n1.CCCCNc1nc(N)nc(N(C)C)n1.CCCNc1nc(N)nc(N(C)C)n1.CCNc1nc(N)nc(N(C)C)n1. The van der Waals surface area contributed by atoms with Crippen molar-refractivity contribution >= 4 is 107 Å². The molecule has 6 heterocycles. The van der Waals surface area contributed by atoms with Gasteiger partial charge in [0.25, 0.3) is 0 Å². The molecule has 0 bridgehead atoms. The maximum Gasteiger partial charge on any atom is 0.231 e. The number of unbranched alkanes of at least 4 members (excludes halogenated alkanes) is 6. The van der Waals surface area contributed by atoms with Crippen LogP contribution < -0.4 is 94.9 Å². The lowest BCUT2D eigenvalue weighted by molar-refractivity contribution is 0.695. The Morgan fingerprint density at radius 1 is 0.264 bits per heavy atom. The van der Waals surface area contributed by atoms with Crippen molar-refractivity contribution in [1.82, 2.24) is 89.7 Å². The Hall–Kier alpha value is -9.54. The van der Waals surface area contributed by atoms with Crippen LogP contribution in [0.25, 0.3) is 0 Å². The van der Waals surface area contributed by atoms with E-state index in [0.717, 1.165) is 84.2 Å². The number of aromatic nitrogens is 18. The molecule has 0 saturated carbocycles. The molecule has 0 aliphatic carbocycles. The van der Waals surface area contributed by atoms with Gasteiger partial charge in [-0.3, -0.25) is 0 Å². The highest BCUT2D eigenvalue weighted by Crippen LogP contribution is 2.16. The summed E-state index contributed by atoms with van der Waals surface area (Å²) in [6.45, 7) is 17.9. The van der Waals surface area contributed by atoms with Gasteiger partial charge in [-0.1, -0.05) is 73.1 Å². The van der Waals surface area contributed by atoms with E-state index < -0.39 is 0 Å². The molecule has 0 saturated heterocycles. The lowest BCUT2D eigenvalue weighted by Gasteiger charge is -2.17. The van der Waals surface area contributed by atoms with Gasteiger partial charge in [-0.05, 0) is 39.0 Å². The monoisotopic (exact) mass is 1270 g/mol. The Kier molecular flexibility index (Phi) is 39.9. The van der Waals surface area contributed by atoms with Crippen LogP contribution >= 0.6 is 0 Å². The van der Waals surface area contributed by atoms with E-state index in [0.29, 0.717) is 83.3 Å². The average molecular weight is 1280 g/mol. The molecule has 16 N–H and O–H groups in total. The van der Waals surface area contributed by atoms with Crippen LogP contribution in [0.5, 0.6) is 0 Å². The molecule has 6 aromatic rings. The zero-order valence-electron chi connectivity index (χ0n) is 58.1. The summed E-state index contributed by atoms with van der Waals surface area (Å²) in [5.74, 6) is 9.09. The number of nitrogen functional groups attached to an aromatic ring is 4. The van der Waals surface area contributed by atoms with Gasteiger partial charge in [-0.15, -0.1) is 0 Å². The molecular formula is C55H110N36. The van der Waals surface area contributed by atoms with E-state index in [1.165, 1.54) is 25.7 Å². The maximum atomic E-state index is 5.60. The Balaban J connectivity index is 0.000000547. The van der Waals surface area contributed by atoms with Crippen LogP contribution in [0.3, 0.4) is 0 Å². The fourth-order valence-corrected chi connectivity index (χ4v) is 6.70. The highest BCUT2D eigenvalue weighted by Gasteiger charge is 2.12. The molecule has 0 amide bonds. The van der Waals surface area contributed by atoms with Gasteiger partial charge in [0, 0.05) is 138 Å². The Morgan fingerprint density at radius 2 is 0.538 bits per heavy atom. The minimum absolute atomic E-state index is 0.231. The molecular weight excluding hydrogens is 1160 g/mol. The van der Waals surface area contributed by atoms with Gasteiger partial charge in [-0.25, -0.2) is 0 Å². The second-order valence-electron chi connectivity index (χ2n) is 20.7. The first-order valence-corrected chi connectivity index (χ1v) is 30.8. The Labute approximate surface area is 540 Å². The van der Waals surface area contributed by atoms with E-state index in [9.17, 15) is 0 Å². The van der Waals surface area contributed by atoms with E-state index in [1.807, 2.05) is 82.3 Å². The first-order chi connectivity index (χ1) is 43.4. The number of nitrogens with two attached hydrogens (primary N) is 4. The quantitative estimate of drug-likeness (QED) is 0.0257. The summed E-state index contributed by atoms with van der Waals surface area (Å²) in [5.41, 5.74) is 22.2. The number of hydrogen-bond donors (Lipinski definition) is 12. The van der Waals surface area contributed by atoms with Gasteiger partial charge in [0.2, 0.25) is 107 Å². The summed E-state index contributed by atoms with van der Waals surface area (Å²) >= 11 is 0. The molecule has 6 rings (SSSR count). The van der Waals surface area contributed by atoms with E-state index >= 15 is 0 Å². The van der Waals surface area contributed by atoms with Crippen molar-refractivity contribution in [3.8, 4) is 0 Å². The van der Waals surface area contributed by atoms with Crippen LogP contribution in [0.15, 0.2) is 0 Å². The average Bonchev–Trinajstić information content (AvgIpc) is 3.70. The van der Waals surface area contributed by atoms with Gasteiger partial charge in [0.05, 0.1) is 0 Å². The third kappa shape index (κ3) is 33.6. The molecule has 0 unspecified atom stereocenters. The molecule has 0 spiro atoms. The first kappa shape index (κ1) is 79.5. The summed E-state index contributed by atoms with van der Waals surface area (Å²) in [5, 5.41) is 24.0. The fraction of sp³-hybridized carbons (Fsp3) is 0.673. The van der Waals surface area contributed by atoms with Crippen molar-refractivity contribution in [2.24, 2.45) is 0 Å². The molecule has 6 aromatic heterocycles. The minimum atomic E-state index is 0.231. The minimum Gasteiger partial charge on any atom is -0.368 e. The smallest absolute Gasteiger partial charge is 0.231 e. The van der Waals surface area contributed by atoms with Crippen LogP contribution in [0.2, 0.25) is 0 Å². The van der Waals surface area contributed by atoms with Crippen molar-refractivity contribution in [1.29, 1.82) is 0 Å². The summed E-state index contributed by atoms with van der Waals surface area (Å²) in [4.78, 5) is 85.5. The van der Waals surface area contributed by atoms with Crippen molar-refractivity contribution in [3.05, 3.63) is 0 Å². The second-order valence-corrected chi connectivity index (χ2v) is 20.7. The molecule has 510 valence electrons. The van der Waals surface area contributed by atoms with Gasteiger partial charge in [0.1, 0.15) is 0 Å². The lowest BCUT2D eigenvalue weighted by atomic mass is 10.2.